The van der Waals surface area contributed by atoms with Gasteiger partial charge in [0.15, 0.2) is 6.04 Å². The number of morpholine rings is 1. The Morgan fingerprint density at radius 3 is 3.16 bits per heavy atom. The van der Waals surface area contributed by atoms with Crippen molar-refractivity contribution in [3.05, 3.63) is 28.4 Å². The summed E-state index contributed by atoms with van der Waals surface area (Å²) in [5.41, 5.74) is -0.140. The van der Waals surface area contributed by atoms with Crippen LogP contribution in [0.5, 0.6) is 0 Å². The highest BCUT2D eigenvalue weighted by Gasteiger charge is 2.34. The van der Waals surface area contributed by atoms with Gasteiger partial charge in [-0.05, 0) is 6.07 Å². The molecule has 1 aliphatic heterocycles. The van der Waals surface area contributed by atoms with E-state index in [1.165, 1.54) is 25.4 Å². The highest BCUT2D eigenvalue weighted by atomic mass is 16.6. The van der Waals surface area contributed by atoms with Gasteiger partial charge in [-0.1, -0.05) is 0 Å². The van der Waals surface area contributed by atoms with E-state index in [1.54, 1.807) is 4.90 Å². The summed E-state index contributed by atoms with van der Waals surface area (Å²) in [5.74, 6) is -0.342. The number of rotatable bonds is 3. The molecule has 1 aliphatic rings. The highest BCUT2D eigenvalue weighted by Crippen LogP contribution is 2.27. The van der Waals surface area contributed by atoms with E-state index in [2.05, 4.69) is 9.72 Å². The minimum absolute atomic E-state index is 0.125. The van der Waals surface area contributed by atoms with Crippen molar-refractivity contribution < 1.29 is 19.2 Å². The largest absolute Gasteiger partial charge is 0.467 e. The van der Waals surface area contributed by atoms with Gasteiger partial charge in [-0.15, -0.1) is 0 Å². The van der Waals surface area contributed by atoms with Crippen LogP contribution in [0.1, 0.15) is 0 Å². The topological polar surface area (TPSA) is 94.8 Å². The fourth-order valence-corrected chi connectivity index (χ4v) is 1.94. The molecule has 1 unspecified atom stereocenters. The zero-order chi connectivity index (χ0) is 13.8. The monoisotopic (exact) mass is 267 g/mol. The SMILES string of the molecule is COC(=O)C1COCCN1c1ncccc1[N+](=O)[O-]. The predicted octanol–water partition coefficient (Wildman–Crippen LogP) is 0.368. The molecule has 0 N–H and O–H groups in total. The molecular weight excluding hydrogens is 254 g/mol. The summed E-state index contributed by atoms with van der Waals surface area (Å²) in [5, 5.41) is 11.0. The molecule has 1 aromatic heterocycles. The molecular formula is C11H13N3O5. The van der Waals surface area contributed by atoms with Gasteiger partial charge in [0.2, 0.25) is 5.82 Å². The van der Waals surface area contributed by atoms with Gasteiger partial charge < -0.3 is 14.4 Å². The van der Waals surface area contributed by atoms with Gasteiger partial charge in [-0.25, -0.2) is 9.78 Å². The van der Waals surface area contributed by atoms with Crippen LogP contribution in [-0.2, 0) is 14.3 Å². The minimum Gasteiger partial charge on any atom is -0.467 e. The van der Waals surface area contributed by atoms with Gasteiger partial charge in [0.1, 0.15) is 0 Å². The Balaban J connectivity index is 2.37. The lowest BCUT2D eigenvalue weighted by molar-refractivity contribution is -0.384. The number of pyridine rings is 1. The molecule has 0 spiro atoms. The third-order valence-electron chi connectivity index (χ3n) is 2.84. The molecule has 0 radical (unpaired) electrons. The van der Waals surface area contributed by atoms with Crippen molar-refractivity contribution in [2.75, 3.05) is 31.8 Å². The zero-order valence-corrected chi connectivity index (χ0v) is 10.3. The molecule has 102 valence electrons. The fourth-order valence-electron chi connectivity index (χ4n) is 1.94. The van der Waals surface area contributed by atoms with E-state index in [0.29, 0.717) is 13.2 Å². The number of nitrogens with zero attached hydrogens (tertiary/aromatic N) is 3. The summed E-state index contributed by atoms with van der Waals surface area (Å²) in [6.07, 6.45) is 1.45. The maximum Gasteiger partial charge on any atom is 0.330 e. The Bertz CT molecular complexity index is 493. The van der Waals surface area contributed by atoms with Crippen molar-refractivity contribution in [1.82, 2.24) is 4.98 Å². The Labute approximate surface area is 109 Å². The molecule has 2 heterocycles. The van der Waals surface area contributed by atoms with Gasteiger partial charge in [0, 0.05) is 18.8 Å². The molecule has 8 heteroatoms. The molecule has 2 rings (SSSR count). The molecule has 1 saturated heterocycles. The van der Waals surface area contributed by atoms with E-state index in [-0.39, 0.29) is 18.1 Å². The molecule has 0 aliphatic carbocycles. The van der Waals surface area contributed by atoms with E-state index in [4.69, 9.17) is 4.74 Å². The summed E-state index contributed by atoms with van der Waals surface area (Å²) in [4.78, 5) is 27.7. The van der Waals surface area contributed by atoms with Crippen LogP contribution in [0.2, 0.25) is 0 Å². The van der Waals surface area contributed by atoms with E-state index in [9.17, 15) is 14.9 Å². The van der Waals surface area contributed by atoms with Gasteiger partial charge in [-0.3, -0.25) is 10.1 Å². The predicted molar refractivity (Wildman–Crippen MR) is 64.9 cm³/mol. The van der Waals surface area contributed by atoms with Crippen molar-refractivity contribution in [1.29, 1.82) is 0 Å². The summed E-state index contributed by atoms with van der Waals surface area (Å²) in [7, 11) is 1.27. The fraction of sp³-hybridized carbons (Fsp3) is 0.455. The van der Waals surface area contributed by atoms with Crippen LogP contribution in [-0.4, -0.2) is 48.8 Å². The summed E-state index contributed by atoms with van der Waals surface area (Å²) in [6, 6.07) is 2.12. The number of esters is 1. The average Bonchev–Trinajstić information content (AvgIpc) is 2.46. The molecule has 1 atom stereocenters. The van der Waals surface area contributed by atoms with Gasteiger partial charge in [0.05, 0.1) is 25.2 Å². The third-order valence-corrected chi connectivity index (χ3v) is 2.84. The highest BCUT2D eigenvalue weighted by molar-refractivity contribution is 5.81. The number of nitro groups is 1. The van der Waals surface area contributed by atoms with Crippen molar-refractivity contribution in [3.8, 4) is 0 Å². The van der Waals surface area contributed by atoms with Crippen LogP contribution in [0, 0.1) is 10.1 Å². The minimum atomic E-state index is -0.715. The van der Waals surface area contributed by atoms with E-state index in [1.807, 2.05) is 0 Å². The number of carbonyl (C=O) groups excluding carboxylic acids is 1. The molecule has 19 heavy (non-hydrogen) atoms. The molecule has 1 aromatic rings. The van der Waals surface area contributed by atoms with Crippen molar-refractivity contribution >= 4 is 17.5 Å². The lowest BCUT2D eigenvalue weighted by Crippen LogP contribution is -2.51. The lowest BCUT2D eigenvalue weighted by Gasteiger charge is -2.33. The number of aromatic nitrogens is 1. The first-order valence-corrected chi connectivity index (χ1v) is 5.66. The summed E-state index contributed by atoms with van der Waals surface area (Å²) in [6.45, 7) is 0.846. The first-order chi connectivity index (χ1) is 9.15. The van der Waals surface area contributed by atoms with E-state index >= 15 is 0 Å². The normalized spacial score (nSPS) is 19.0. The number of carbonyl (C=O) groups is 1. The van der Waals surface area contributed by atoms with Crippen LogP contribution in [0.3, 0.4) is 0 Å². The smallest absolute Gasteiger partial charge is 0.330 e. The lowest BCUT2D eigenvalue weighted by atomic mass is 10.2. The van der Waals surface area contributed by atoms with Gasteiger partial charge in [-0.2, -0.15) is 0 Å². The van der Waals surface area contributed by atoms with Gasteiger partial charge >= 0.3 is 11.7 Å². The van der Waals surface area contributed by atoms with Crippen molar-refractivity contribution in [3.63, 3.8) is 0 Å². The Morgan fingerprint density at radius 2 is 2.47 bits per heavy atom. The van der Waals surface area contributed by atoms with Crippen LogP contribution in [0.4, 0.5) is 11.5 Å². The van der Waals surface area contributed by atoms with Crippen LogP contribution in [0.15, 0.2) is 18.3 Å². The quantitative estimate of drug-likeness (QED) is 0.443. The zero-order valence-electron chi connectivity index (χ0n) is 10.3. The number of hydrogen-bond acceptors (Lipinski definition) is 7. The van der Waals surface area contributed by atoms with E-state index in [0.717, 1.165) is 0 Å². The number of methoxy groups -OCH3 is 1. The van der Waals surface area contributed by atoms with Crippen LogP contribution < -0.4 is 4.90 Å². The van der Waals surface area contributed by atoms with Crippen LogP contribution in [0.25, 0.3) is 0 Å². The molecule has 0 aromatic carbocycles. The second-order valence-corrected chi connectivity index (χ2v) is 3.91. The second-order valence-electron chi connectivity index (χ2n) is 3.91. The first kappa shape index (κ1) is 13.2. The second kappa shape index (κ2) is 5.61. The third kappa shape index (κ3) is 2.63. The first-order valence-electron chi connectivity index (χ1n) is 5.66. The average molecular weight is 267 g/mol. The van der Waals surface area contributed by atoms with Crippen molar-refractivity contribution in [2.24, 2.45) is 0 Å². The van der Waals surface area contributed by atoms with Crippen molar-refractivity contribution in [2.45, 2.75) is 6.04 Å². The molecule has 1 fully saturated rings. The maximum absolute atomic E-state index is 11.7. The Morgan fingerprint density at radius 1 is 1.68 bits per heavy atom. The Hall–Kier alpha value is -2.22. The van der Waals surface area contributed by atoms with Crippen LogP contribution >= 0.6 is 0 Å². The maximum atomic E-state index is 11.7. The number of ether oxygens (including phenoxy) is 2. The summed E-state index contributed by atoms with van der Waals surface area (Å²) >= 11 is 0. The van der Waals surface area contributed by atoms with E-state index < -0.39 is 16.9 Å². The standard InChI is InChI=1S/C11H13N3O5/c1-18-11(15)9-7-19-6-5-13(9)10-8(14(16)17)3-2-4-12-10/h2-4,9H,5-7H2,1H3. The summed E-state index contributed by atoms with van der Waals surface area (Å²) < 4.78 is 9.90. The Kier molecular flexibility index (Phi) is 3.91. The molecule has 0 bridgehead atoms. The number of anilines is 1. The number of hydrogen-bond donors (Lipinski definition) is 0. The molecule has 8 nitrogen and oxygen atoms in total. The van der Waals surface area contributed by atoms with Gasteiger partial charge in [0.25, 0.3) is 0 Å². The molecule has 0 saturated carbocycles. The molecule has 0 amide bonds.